The fraction of sp³-hybridized carbons (Fsp3) is 0.600. The highest BCUT2D eigenvalue weighted by Crippen LogP contribution is 2.29. The fourth-order valence-corrected chi connectivity index (χ4v) is 3.43. The van der Waals surface area contributed by atoms with Crippen molar-refractivity contribution in [1.82, 2.24) is 9.88 Å². The zero-order valence-electron chi connectivity index (χ0n) is 18.6. The average Bonchev–Trinajstić information content (AvgIpc) is 2.64. The summed E-state index contributed by atoms with van der Waals surface area (Å²) in [6, 6.07) is 3.33. The van der Waals surface area contributed by atoms with Crippen LogP contribution in [-0.4, -0.2) is 66.3 Å². The second kappa shape index (κ2) is 10.2. The number of carbonyl (C=O) groups is 1. The van der Waals surface area contributed by atoms with Gasteiger partial charge in [0, 0.05) is 24.7 Å². The zero-order chi connectivity index (χ0) is 24.1. The maximum Gasteiger partial charge on any atom is 0.272 e. The molecule has 1 heterocycles. The zero-order valence-corrected chi connectivity index (χ0v) is 20.2. The van der Waals surface area contributed by atoms with Gasteiger partial charge in [0.2, 0.25) is 0 Å². The molecule has 0 spiro atoms. The molecule has 0 aromatic carbocycles. The van der Waals surface area contributed by atoms with Crippen LogP contribution in [-0.2, 0) is 25.7 Å². The van der Waals surface area contributed by atoms with Gasteiger partial charge >= 0.3 is 0 Å². The van der Waals surface area contributed by atoms with E-state index in [1.807, 2.05) is 13.8 Å². The van der Waals surface area contributed by atoms with Crippen LogP contribution in [0.4, 0.5) is 0 Å². The molecule has 0 aliphatic heterocycles. The first-order valence-corrected chi connectivity index (χ1v) is 13.0. The Morgan fingerprint density at radius 2 is 1.55 bits per heavy atom. The summed E-state index contributed by atoms with van der Waals surface area (Å²) in [6.45, 7) is 9.38. The Hall–Kier alpha value is -1.82. The standard InChI is InChI=1S/C20H32N2O7S2/c1-6-19(2,3)8-9-20(4,5)16-7-10-21-17(15-16)18(23)22(11-13-30(24,25)26)12-14-31(27,28)29/h7-10,15H,6,11-14H2,1-5H3,(H,24,25,26)(H,27,28,29). The summed E-state index contributed by atoms with van der Waals surface area (Å²) in [5.74, 6) is -2.25. The van der Waals surface area contributed by atoms with Gasteiger partial charge in [-0.3, -0.25) is 18.9 Å². The van der Waals surface area contributed by atoms with E-state index < -0.39 is 56.2 Å². The van der Waals surface area contributed by atoms with Crippen LogP contribution in [0.25, 0.3) is 0 Å². The second-order valence-electron chi connectivity index (χ2n) is 8.69. The van der Waals surface area contributed by atoms with Gasteiger partial charge in [-0.25, -0.2) is 0 Å². The Balaban J connectivity index is 3.21. The normalized spacial score (nSPS) is 13.5. The Labute approximate surface area is 185 Å². The monoisotopic (exact) mass is 476 g/mol. The molecule has 1 aromatic rings. The molecule has 0 radical (unpaired) electrons. The molecule has 176 valence electrons. The van der Waals surface area contributed by atoms with E-state index in [-0.39, 0.29) is 11.1 Å². The van der Waals surface area contributed by atoms with Gasteiger partial charge in [-0.2, -0.15) is 16.8 Å². The number of nitrogens with zero attached hydrogens (tertiary/aromatic N) is 2. The number of aromatic nitrogens is 1. The van der Waals surface area contributed by atoms with Crippen molar-refractivity contribution in [1.29, 1.82) is 0 Å². The van der Waals surface area contributed by atoms with Crippen LogP contribution in [0.3, 0.4) is 0 Å². The first kappa shape index (κ1) is 27.2. The molecule has 0 unspecified atom stereocenters. The highest BCUT2D eigenvalue weighted by Gasteiger charge is 2.24. The molecule has 11 heteroatoms. The van der Waals surface area contributed by atoms with Crippen LogP contribution in [0.1, 0.15) is 57.1 Å². The quantitative estimate of drug-likeness (QED) is 0.366. The molecule has 0 saturated carbocycles. The predicted molar refractivity (Wildman–Crippen MR) is 119 cm³/mol. The van der Waals surface area contributed by atoms with E-state index in [4.69, 9.17) is 9.11 Å². The molecule has 2 N–H and O–H groups in total. The third-order valence-corrected chi connectivity index (χ3v) is 6.51. The number of rotatable bonds is 11. The third-order valence-electron chi connectivity index (χ3n) is 5.11. The Morgan fingerprint density at radius 3 is 2.00 bits per heavy atom. The van der Waals surface area contributed by atoms with Crippen LogP contribution in [0.15, 0.2) is 30.5 Å². The molecule has 0 aliphatic carbocycles. The molecule has 0 atom stereocenters. The van der Waals surface area contributed by atoms with Gasteiger partial charge in [-0.1, -0.05) is 46.8 Å². The average molecular weight is 477 g/mol. The molecular formula is C20H32N2O7S2. The van der Waals surface area contributed by atoms with E-state index in [2.05, 4.69) is 37.9 Å². The van der Waals surface area contributed by atoms with Crippen molar-refractivity contribution in [2.45, 2.75) is 46.5 Å². The minimum Gasteiger partial charge on any atom is -0.335 e. The lowest BCUT2D eigenvalue weighted by molar-refractivity contribution is 0.0768. The molecule has 9 nitrogen and oxygen atoms in total. The lowest BCUT2D eigenvalue weighted by Crippen LogP contribution is -2.39. The minimum absolute atomic E-state index is 0.000553. The Morgan fingerprint density at radius 1 is 1.03 bits per heavy atom. The SMILES string of the molecule is CCC(C)(C)C=CC(C)(C)c1ccnc(C(=O)N(CCS(=O)(=O)O)CCS(=O)(=O)O)c1. The maximum absolute atomic E-state index is 12.9. The summed E-state index contributed by atoms with van der Waals surface area (Å²) >= 11 is 0. The molecule has 0 saturated heterocycles. The number of allylic oxidation sites excluding steroid dienone is 2. The number of pyridine rings is 1. The van der Waals surface area contributed by atoms with Gasteiger partial charge in [0.15, 0.2) is 0 Å². The number of hydrogen-bond donors (Lipinski definition) is 2. The van der Waals surface area contributed by atoms with E-state index in [1.54, 1.807) is 12.1 Å². The maximum atomic E-state index is 12.9. The largest absolute Gasteiger partial charge is 0.335 e. The number of hydrogen-bond acceptors (Lipinski definition) is 6. The number of amides is 1. The van der Waals surface area contributed by atoms with E-state index in [1.165, 1.54) is 6.20 Å². The Bertz CT molecular complexity index is 978. The van der Waals surface area contributed by atoms with Crippen LogP contribution in [0.2, 0.25) is 0 Å². The van der Waals surface area contributed by atoms with Crippen LogP contribution >= 0.6 is 0 Å². The van der Waals surface area contributed by atoms with E-state index in [0.717, 1.165) is 16.9 Å². The van der Waals surface area contributed by atoms with Gasteiger partial charge in [0.1, 0.15) is 5.69 Å². The van der Waals surface area contributed by atoms with Crippen LogP contribution < -0.4 is 0 Å². The van der Waals surface area contributed by atoms with Gasteiger partial charge in [-0.05, 0) is 29.5 Å². The molecule has 31 heavy (non-hydrogen) atoms. The molecule has 0 aliphatic rings. The topological polar surface area (TPSA) is 142 Å². The lowest BCUT2D eigenvalue weighted by Gasteiger charge is -2.26. The summed E-state index contributed by atoms with van der Waals surface area (Å²) < 4.78 is 62.3. The van der Waals surface area contributed by atoms with Gasteiger partial charge < -0.3 is 4.90 Å². The Kier molecular flexibility index (Phi) is 8.95. The lowest BCUT2D eigenvalue weighted by atomic mass is 9.80. The molecule has 1 amide bonds. The highest BCUT2D eigenvalue weighted by atomic mass is 32.2. The summed E-state index contributed by atoms with van der Waals surface area (Å²) in [7, 11) is -8.76. The molecule has 1 aromatic heterocycles. The van der Waals surface area contributed by atoms with Crippen molar-refractivity contribution in [3.05, 3.63) is 41.7 Å². The highest BCUT2D eigenvalue weighted by molar-refractivity contribution is 7.86. The summed E-state index contributed by atoms with van der Waals surface area (Å²) in [5.41, 5.74) is 0.363. The first-order chi connectivity index (χ1) is 14.0. The summed E-state index contributed by atoms with van der Waals surface area (Å²) in [5, 5.41) is 0. The molecule has 1 rings (SSSR count). The third kappa shape index (κ3) is 9.90. The fourth-order valence-electron chi connectivity index (χ4n) is 2.52. The smallest absolute Gasteiger partial charge is 0.272 e. The van der Waals surface area contributed by atoms with Crippen molar-refractivity contribution >= 4 is 26.1 Å². The van der Waals surface area contributed by atoms with Crippen LogP contribution in [0, 0.1) is 5.41 Å². The van der Waals surface area contributed by atoms with Gasteiger partial charge in [0.05, 0.1) is 11.5 Å². The second-order valence-corrected chi connectivity index (χ2v) is 11.8. The van der Waals surface area contributed by atoms with Crippen molar-refractivity contribution < 1.29 is 30.7 Å². The van der Waals surface area contributed by atoms with Crippen molar-refractivity contribution in [2.24, 2.45) is 5.41 Å². The van der Waals surface area contributed by atoms with Crippen molar-refractivity contribution in [3.8, 4) is 0 Å². The van der Waals surface area contributed by atoms with Crippen LogP contribution in [0.5, 0.6) is 0 Å². The molecule has 0 bridgehead atoms. The first-order valence-electron chi connectivity index (χ1n) is 9.82. The summed E-state index contributed by atoms with van der Waals surface area (Å²) in [6.07, 6.45) is 6.57. The van der Waals surface area contributed by atoms with E-state index in [9.17, 15) is 21.6 Å². The predicted octanol–water partition coefficient (Wildman–Crippen LogP) is 2.57. The summed E-state index contributed by atoms with van der Waals surface area (Å²) in [4.78, 5) is 17.9. The van der Waals surface area contributed by atoms with Crippen molar-refractivity contribution in [3.63, 3.8) is 0 Å². The van der Waals surface area contributed by atoms with Crippen molar-refractivity contribution in [2.75, 3.05) is 24.6 Å². The molecular weight excluding hydrogens is 444 g/mol. The van der Waals surface area contributed by atoms with Gasteiger partial charge in [-0.15, -0.1) is 0 Å². The van der Waals surface area contributed by atoms with E-state index >= 15 is 0 Å². The minimum atomic E-state index is -4.38. The number of carbonyl (C=O) groups excluding carboxylic acids is 1. The van der Waals surface area contributed by atoms with Gasteiger partial charge in [0.25, 0.3) is 26.1 Å². The van der Waals surface area contributed by atoms with E-state index in [0.29, 0.717) is 0 Å². The molecule has 0 fully saturated rings.